The Bertz CT molecular complexity index is 2850. The lowest BCUT2D eigenvalue weighted by Crippen LogP contribution is -2.52. The molecule has 2 aliphatic carbocycles. The number of carboxylic acids is 1. The molecule has 0 saturated carbocycles. The summed E-state index contributed by atoms with van der Waals surface area (Å²) in [5, 5.41) is 15.3. The standard InChI is InChI=1S/C29H26N2O4.C28H24N2O5/c1-17(32)26-15-19-8-6-7-18-13-14-25(28(33)31(26)27(18)19)30-29(34)35-16-24-22-11-4-2-9-20(22)21-10-3-5-12-23(21)24;31-26-23(13-12-16-6-5-7-17-14-24(27(32)33)30(26)25(16)17)29-28(34)35-15-22-20-10-3-1-8-18(20)19-9-2-4-11-21(19)22/h2-12,24-26H,13-16H2,1H3,(H,30,34);1-11,22-24H,12-15H2,(H,29,34)(H,32,33)/t25-,26-;23-,24-/m00/s1. The first-order valence-corrected chi connectivity index (χ1v) is 23.9. The van der Waals surface area contributed by atoms with Crippen LogP contribution in [0, 0.1) is 0 Å². The molecule has 0 radical (unpaired) electrons. The highest BCUT2D eigenvalue weighted by atomic mass is 16.6. The highest BCUT2D eigenvalue weighted by molar-refractivity contribution is 6.08. The second kappa shape index (κ2) is 18.1. The second-order valence-electron chi connectivity index (χ2n) is 18.8. The Hall–Kier alpha value is -8.06. The fourth-order valence-electron chi connectivity index (χ4n) is 11.6. The van der Waals surface area contributed by atoms with Crippen molar-refractivity contribution in [3.8, 4) is 22.3 Å². The van der Waals surface area contributed by atoms with Crippen molar-refractivity contribution in [1.82, 2.24) is 10.6 Å². The summed E-state index contributed by atoms with van der Waals surface area (Å²) < 4.78 is 11.3. The van der Waals surface area contributed by atoms with Gasteiger partial charge in [0.1, 0.15) is 31.3 Å². The van der Waals surface area contributed by atoms with Gasteiger partial charge >= 0.3 is 18.2 Å². The number of carbonyl (C=O) groups excluding carboxylic acids is 5. The molecular formula is C57H50N4O9. The number of nitrogens with zero attached hydrogens (tertiary/aromatic N) is 2. The smallest absolute Gasteiger partial charge is 0.407 e. The quantitative estimate of drug-likeness (QED) is 0.136. The summed E-state index contributed by atoms with van der Waals surface area (Å²) in [7, 11) is 0. The van der Waals surface area contributed by atoms with Crippen molar-refractivity contribution in [1.29, 1.82) is 0 Å². The highest BCUT2D eigenvalue weighted by Gasteiger charge is 2.45. The number of aryl methyl sites for hydroxylation is 2. The summed E-state index contributed by atoms with van der Waals surface area (Å²) in [5.41, 5.74) is 14.4. The zero-order valence-corrected chi connectivity index (χ0v) is 38.4. The molecule has 70 heavy (non-hydrogen) atoms. The van der Waals surface area contributed by atoms with E-state index >= 15 is 0 Å². The molecule has 13 heteroatoms. The topological polar surface area (TPSA) is 172 Å². The van der Waals surface area contributed by atoms with Gasteiger partial charge < -0.3 is 25.2 Å². The molecule has 4 amide bonds. The van der Waals surface area contributed by atoms with E-state index in [-0.39, 0.29) is 43.2 Å². The summed E-state index contributed by atoms with van der Waals surface area (Å²) in [5.74, 6) is -1.90. The van der Waals surface area contributed by atoms with E-state index < -0.39 is 48.2 Å². The van der Waals surface area contributed by atoms with Crippen LogP contribution in [0.5, 0.6) is 0 Å². The summed E-state index contributed by atoms with van der Waals surface area (Å²) >= 11 is 0. The van der Waals surface area contributed by atoms with Crippen LogP contribution < -0.4 is 20.4 Å². The molecule has 12 rings (SSSR count). The number of nitrogens with one attached hydrogen (secondary N) is 2. The first-order valence-electron chi connectivity index (χ1n) is 23.9. The number of alkyl carbamates (subject to hydrolysis) is 2. The minimum absolute atomic E-state index is 0.0505. The van der Waals surface area contributed by atoms with Crippen LogP contribution in [0.25, 0.3) is 22.3 Å². The third-order valence-electron chi connectivity index (χ3n) is 14.8. The third-order valence-corrected chi connectivity index (χ3v) is 14.8. The molecule has 0 bridgehead atoms. The number of benzene rings is 6. The van der Waals surface area contributed by atoms with Crippen LogP contribution in [0.2, 0.25) is 0 Å². The van der Waals surface area contributed by atoms with Gasteiger partial charge in [-0.05, 0) is 99.4 Å². The number of Topliss-reactive ketones (excluding diaryl/α,β-unsaturated/α-hetero) is 1. The number of carbonyl (C=O) groups is 6. The van der Waals surface area contributed by atoms with Crippen LogP contribution in [0.1, 0.15) is 76.1 Å². The number of para-hydroxylation sites is 2. The second-order valence-corrected chi connectivity index (χ2v) is 18.8. The molecule has 0 aromatic heterocycles. The first kappa shape index (κ1) is 44.4. The van der Waals surface area contributed by atoms with Crippen molar-refractivity contribution in [2.45, 2.75) is 81.5 Å². The molecule has 6 aromatic carbocycles. The van der Waals surface area contributed by atoms with Gasteiger partial charge in [0.25, 0.3) is 5.91 Å². The number of carboxylic acid groups (broad SMARTS) is 1. The van der Waals surface area contributed by atoms with Crippen molar-refractivity contribution in [2.75, 3.05) is 23.0 Å². The number of amides is 4. The number of ketones is 1. The van der Waals surface area contributed by atoms with E-state index in [2.05, 4.69) is 47.0 Å². The normalized spacial score (nSPS) is 20.0. The van der Waals surface area contributed by atoms with Crippen LogP contribution in [-0.4, -0.2) is 78.2 Å². The van der Waals surface area contributed by atoms with E-state index in [0.717, 1.165) is 72.4 Å². The van der Waals surface area contributed by atoms with Crippen LogP contribution >= 0.6 is 0 Å². The molecule has 0 fully saturated rings. The van der Waals surface area contributed by atoms with Crippen LogP contribution in [0.3, 0.4) is 0 Å². The third kappa shape index (κ3) is 7.75. The van der Waals surface area contributed by atoms with Crippen molar-refractivity contribution in [3.63, 3.8) is 0 Å². The SMILES string of the molecule is CC(=O)[C@@H]1Cc2cccc3c2N1C(=O)[C@@H](NC(=O)OCC1c2ccccc2-c2ccccc21)CC3.O=C(N[C@H]1CCc2cccc3c2N(C1=O)[C@H](C(=O)O)C3)OCC1c2ccccc2-c2ccccc21. The number of rotatable bonds is 8. The predicted octanol–water partition coefficient (Wildman–Crippen LogP) is 8.27. The Morgan fingerprint density at radius 3 is 1.26 bits per heavy atom. The minimum Gasteiger partial charge on any atom is -0.480 e. The van der Waals surface area contributed by atoms with Gasteiger partial charge in [0, 0.05) is 24.7 Å². The molecule has 352 valence electrons. The average Bonchev–Trinajstić information content (AvgIpc) is 4.10. The number of hydrogen-bond acceptors (Lipinski definition) is 8. The monoisotopic (exact) mass is 934 g/mol. The maximum absolute atomic E-state index is 13.5. The van der Waals surface area contributed by atoms with Crippen LogP contribution in [0.4, 0.5) is 21.0 Å². The van der Waals surface area contributed by atoms with Crippen molar-refractivity contribution < 1.29 is 43.3 Å². The maximum Gasteiger partial charge on any atom is 0.407 e. The number of anilines is 2. The van der Waals surface area contributed by atoms with Crippen LogP contribution in [-0.2, 0) is 54.3 Å². The van der Waals surface area contributed by atoms with E-state index in [1.165, 1.54) is 11.8 Å². The summed E-state index contributed by atoms with van der Waals surface area (Å²) in [6, 6.07) is 41.0. The predicted molar refractivity (Wildman–Crippen MR) is 262 cm³/mol. The Labute approximate surface area is 404 Å². The van der Waals surface area contributed by atoms with Gasteiger partial charge in [-0.2, -0.15) is 0 Å². The summed E-state index contributed by atoms with van der Waals surface area (Å²) in [6.07, 6.45) is 1.53. The van der Waals surface area contributed by atoms with E-state index in [1.54, 1.807) is 4.90 Å². The maximum atomic E-state index is 13.5. The minimum atomic E-state index is -1.05. The van der Waals surface area contributed by atoms with Gasteiger partial charge in [0.15, 0.2) is 5.78 Å². The van der Waals surface area contributed by atoms with Gasteiger partial charge in [-0.3, -0.25) is 24.2 Å². The molecular weight excluding hydrogens is 885 g/mol. The lowest BCUT2D eigenvalue weighted by Gasteiger charge is -2.27. The van der Waals surface area contributed by atoms with Crippen molar-refractivity contribution in [3.05, 3.63) is 178 Å². The Balaban J connectivity index is 0.000000152. The fraction of sp³-hybridized carbons (Fsp3) is 0.263. The zero-order valence-electron chi connectivity index (χ0n) is 38.4. The number of ether oxygens (including phenoxy) is 2. The Kier molecular flexibility index (Phi) is 11.5. The number of hydrogen-bond donors (Lipinski definition) is 3. The molecule has 4 atom stereocenters. The summed E-state index contributed by atoms with van der Waals surface area (Å²) in [4.78, 5) is 79.8. The molecule has 0 spiro atoms. The van der Waals surface area contributed by atoms with Gasteiger partial charge in [0.05, 0.1) is 17.4 Å². The molecule has 4 aliphatic heterocycles. The Morgan fingerprint density at radius 1 is 0.514 bits per heavy atom. The molecule has 4 heterocycles. The molecule has 6 aromatic rings. The average molecular weight is 935 g/mol. The van der Waals surface area contributed by atoms with Crippen molar-refractivity contribution >= 4 is 47.1 Å². The van der Waals surface area contributed by atoms with Gasteiger partial charge in [0.2, 0.25) is 5.91 Å². The summed E-state index contributed by atoms with van der Waals surface area (Å²) in [6.45, 7) is 1.85. The van der Waals surface area contributed by atoms with Gasteiger partial charge in [-0.15, -0.1) is 0 Å². The largest absolute Gasteiger partial charge is 0.480 e. The number of aliphatic carboxylic acids is 1. The molecule has 0 saturated heterocycles. The molecule has 13 nitrogen and oxygen atoms in total. The van der Waals surface area contributed by atoms with E-state index in [1.807, 2.05) is 97.1 Å². The van der Waals surface area contributed by atoms with E-state index in [4.69, 9.17) is 9.47 Å². The van der Waals surface area contributed by atoms with Gasteiger partial charge in [-0.25, -0.2) is 14.4 Å². The van der Waals surface area contributed by atoms with E-state index in [9.17, 15) is 33.9 Å². The van der Waals surface area contributed by atoms with Crippen molar-refractivity contribution in [2.24, 2.45) is 0 Å². The zero-order chi connectivity index (χ0) is 48.2. The fourth-order valence-corrected chi connectivity index (χ4v) is 11.6. The Morgan fingerprint density at radius 2 is 0.871 bits per heavy atom. The lowest BCUT2D eigenvalue weighted by atomic mass is 9.98. The highest BCUT2D eigenvalue weighted by Crippen LogP contribution is 2.46. The molecule has 3 N–H and O–H groups in total. The van der Waals surface area contributed by atoms with Gasteiger partial charge in [-0.1, -0.05) is 133 Å². The lowest BCUT2D eigenvalue weighted by molar-refractivity contribution is -0.140. The van der Waals surface area contributed by atoms with Crippen LogP contribution in [0.15, 0.2) is 133 Å². The molecule has 6 aliphatic rings. The molecule has 0 unspecified atom stereocenters. The van der Waals surface area contributed by atoms with E-state index in [0.29, 0.717) is 37.8 Å². The first-order chi connectivity index (χ1) is 34.0. The number of fused-ring (bicyclic) bond motifs is 6.